The van der Waals surface area contributed by atoms with Crippen molar-refractivity contribution in [3.05, 3.63) is 64.5 Å². The molecule has 26 heavy (non-hydrogen) atoms. The third-order valence-electron chi connectivity index (χ3n) is 4.45. The van der Waals surface area contributed by atoms with Gasteiger partial charge in [0.25, 0.3) is 10.0 Å². The highest BCUT2D eigenvalue weighted by atomic mass is 32.2. The lowest BCUT2D eigenvalue weighted by molar-refractivity contribution is 0.448. The van der Waals surface area contributed by atoms with Crippen LogP contribution in [0.2, 0.25) is 0 Å². The number of aromatic nitrogens is 1. The first-order chi connectivity index (χ1) is 12.5. The van der Waals surface area contributed by atoms with Gasteiger partial charge in [-0.1, -0.05) is 24.3 Å². The van der Waals surface area contributed by atoms with Crippen LogP contribution in [0.5, 0.6) is 0 Å². The minimum atomic E-state index is -3.66. The van der Waals surface area contributed by atoms with Gasteiger partial charge < -0.3 is 5.32 Å². The molecule has 2 aromatic carbocycles. The third-order valence-corrected chi connectivity index (χ3v) is 6.60. The molecule has 7 heteroatoms. The zero-order valence-corrected chi connectivity index (χ0v) is 15.9. The van der Waals surface area contributed by atoms with Gasteiger partial charge >= 0.3 is 0 Å². The van der Waals surface area contributed by atoms with Gasteiger partial charge in [0.2, 0.25) is 0 Å². The summed E-state index contributed by atoms with van der Waals surface area (Å²) in [4.78, 5) is 4.67. The molecule has 0 radical (unpaired) electrons. The van der Waals surface area contributed by atoms with Crippen molar-refractivity contribution in [1.29, 1.82) is 0 Å². The molecule has 134 valence electrons. The molecule has 0 unspecified atom stereocenters. The van der Waals surface area contributed by atoms with Crippen molar-refractivity contribution in [3.8, 4) is 11.3 Å². The van der Waals surface area contributed by atoms with Crippen LogP contribution in [0.1, 0.15) is 16.5 Å². The molecule has 0 amide bonds. The molecular formula is C19H19N3O2S2. The molecule has 0 spiro atoms. The Bertz CT molecular complexity index is 1040. The number of benzene rings is 2. The van der Waals surface area contributed by atoms with E-state index in [2.05, 4.69) is 15.0 Å². The molecule has 0 aliphatic carbocycles. The Morgan fingerprint density at radius 3 is 2.65 bits per heavy atom. The Balaban J connectivity index is 1.61. The maximum atomic E-state index is 12.8. The van der Waals surface area contributed by atoms with Crippen LogP contribution in [-0.4, -0.2) is 26.5 Å². The van der Waals surface area contributed by atoms with E-state index in [4.69, 9.17) is 0 Å². The van der Waals surface area contributed by atoms with Crippen molar-refractivity contribution < 1.29 is 8.42 Å². The summed E-state index contributed by atoms with van der Waals surface area (Å²) in [6.45, 7) is 3.80. The average Bonchev–Trinajstić information content (AvgIpc) is 3.00. The van der Waals surface area contributed by atoms with Gasteiger partial charge in [-0.2, -0.15) is 0 Å². The van der Waals surface area contributed by atoms with Crippen molar-refractivity contribution >= 4 is 27.0 Å². The summed E-state index contributed by atoms with van der Waals surface area (Å²) in [6, 6.07) is 14.5. The standard InChI is InChI=1S/C19H19N3O2S2/c1-13-21-19(12-25-13)15-5-3-7-18(9-15)26(23,24)22-17-6-2-4-14(8-17)16-10-20-11-16/h2-9,12,16,20,22H,10-11H2,1H3. The predicted octanol–water partition coefficient (Wildman–Crippen LogP) is 3.61. The Kier molecular flexibility index (Phi) is 4.52. The van der Waals surface area contributed by atoms with Crippen molar-refractivity contribution in [1.82, 2.24) is 10.3 Å². The van der Waals surface area contributed by atoms with E-state index < -0.39 is 10.0 Å². The van der Waals surface area contributed by atoms with Crippen molar-refractivity contribution in [2.75, 3.05) is 17.8 Å². The fraction of sp³-hybridized carbons (Fsp3) is 0.211. The average molecular weight is 386 g/mol. The SMILES string of the molecule is Cc1nc(-c2cccc(S(=O)(=O)Nc3cccc(C4CNC4)c3)c2)cs1. The maximum Gasteiger partial charge on any atom is 0.261 e. The van der Waals surface area contributed by atoms with E-state index in [1.165, 1.54) is 0 Å². The van der Waals surface area contributed by atoms with Crippen molar-refractivity contribution in [2.45, 2.75) is 17.7 Å². The molecule has 1 aromatic heterocycles. The van der Waals surface area contributed by atoms with Crippen LogP contribution in [0.4, 0.5) is 5.69 Å². The van der Waals surface area contributed by atoms with Gasteiger partial charge in [-0.15, -0.1) is 11.3 Å². The Morgan fingerprint density at radius 2 is 1.96 bits per heavy atom. The Morgan fingerprint density at radius 1 is 1.15 bits per heavy atom. The van der Waals surface area contributed by atoms with Crippen LogP contribution in [-0.2, 0) is 10.0 Å². The van der Waals surface area contributed by atoms with E-state index in [1.54, 1.807) is 35.6 Å². The third kappa shape index (κ3) is 3.51. The molecule has 1 saturated heterocycles. The van der Waals surface area contributed by atoms with Crippen LogP contribution in [0.3, 0.4) is 0 Å². The number of hydrogen-bond donors (Lipinski definition) is 2. The molecule has 5 nitrogen and oxygen atoms in total. The quantitative estimate of drug-likeness (QED) is 0.704. The van der Waals surface area contributed by atoms with Crippen molar-refractivity contribution in [2.24, 2.45) is 0 Å². The molecule has 3 aromatic rings. The number of nitrogens with zero attached hydrogens (tertiary/aromatic N) is 1. The lowest BCUT2D eigenvalue weighted by Gasteiger charge is -2.27. The summed E-state index contributed by atoms with van der Waals surface area (Å²) in [6.07, 6.45) is 0. The van der Waals surface area contributed by atoms with Gasteiger partial charge in [0.05, 0.1) is 15.6 Å². The van der Waals surface area contributed by atoms with Gasteiger partial charge in [-0.3, -0.25) is 4.72 Å². The van der Waals surface area contributed by atoms with E-state index in [0.717, 1.165) is 34.9 Å². The normalized spacial score (nSPS) is 14.8. The largest absolute Gasteiger partial charge is 0.315 e. The van der Waals surface area contributed by atoms with Crippen LogP contribution in [0, 0.1) is 6.92 Å². The van der Waals surface area contributed by atoms with E-state index in [0.29, 0.717) is 11.6 Å². The van der Waals surface area contributed by atoms with Crippen molar-refractivity contribution in [3.63, 3.8) is 0 Å². The van der Waals surface area contributed by atoms with Crippen LogP contribution in [0.15, 0.2) is 58.8 Å². The summed E-state index contributed by atoms with van der Waals surface area (Å²) in [5, 5.41) is 6.12. The number of anilines is 1. The molecule has 2 N–H and O–H groups in total. The number of aryl methyl sites for hydroxylation is 1. The van der Waals surface area contributed by atoms with Crippen LogP contribution >= 0.6 is 11.3 Å². The summed E-state index contributed by atoms with van der Waals surface area (Å²) in [5.74, 6) is 0.454. The van der Waals surface area contributed by atoms with E-state index in [-0.39, 0.29) is 4.90 Å². The number of rotatable bonds is 5. The van der Waals surface area contributed by atoms with Gasteiger partial charge in [-0.05, 0) is 36.8 Å². The lowest BCUT2D eigenvalue weighted by atomic mass is 9.94. The first-order valence-electron chi connectivity index (χ1n) is 8.37. The zero-order valence-electron chi connectivity index (χ0n) is 14.3. The van der Waals surface area contributed by atoms with Gasteiger partial charge in [-0.25, -0.2) is 13.4 Å². The minimum Gasteiger partial charge on any atom is -0.315 e. The number of sulfonamides is 1. The van der Waals surface area contributed by atoms with E-state index in [9.17, 15) is 8.42 Å². The van der Waals surface area contributed by atoms with E-state index in [1.807, 2.05) is 36.6 Å². The molecule has 1 aliphatic heterocycles. The second kappa shape index (κ2) is 6.83. The monoisotopic (exact) mass is 385 g/mol. The smallest absolute Gasteiger partial charge is 0.261 e. The summed E-state index contributed by atoms with van der Waals surface area (Å²) in [7, 11) is -3.66. The molecule has 0 bridgehead atoms. The Hall–Kier alpha value is -2.22. The first-order valence-corrected chi connectivity index (χ1v) is 10.7. The molecule has 0 saturated carbocycles. The van der Waals surface area contributed by atoms with Gasteiger partial charge in [0.15, 0.2) is 0 Å². The molecule has 4 rings (SSSR count). The van der Waals surface area contributed by atoms with Crippen LogP contribution in [0.25, 0.3) is 11.3 Å². The second-order valence-corrected chi connectivity index (χ2v) is 9.11. The molecule has 1 aliphatic rings. The molecule has 2 heterocycles. The fourth-order valence-corrected chi connectivity index (χ4v) is 4.63. The predicted molar refractivity (Wildman–Crippen MR) is 105 cm³/mol. The Labute approximate surface area is 157 Å². The minimum absolute atomic E-state index is 0.233. The topological polar surface area (TPSA) is 71.1 Å². The highest BCUT2D eigenvalue weighted by Gasteiger charge is 2.20. The van der Waals surface area contributed by atoms with Crippen LogP contribution < -0.4 is 10.0 Å². The van der Waals surface area contributed by atoms with Gasteiger partial charge in [0.1, 0.15) is 0 Å². The zero-order chi connectivity index (χ0) is 18.1. The fourth-order valence-electron chi connectivity index (χ4n) is 2.91. The molecule has 1 fully saturated rings. The number of hydrogen-bond acceptors (Lipinski definition) is 5. The summed E-state index contributed by atoms with van der Waals surface area (Å²) in [5.41, 5.74) is 3.33. The lowest BCUT2D eigenvalue weighted by Crippen LogP contribution is -2.39. The second-order valence-electron chi connectivity index (χ2n) is 6.37. The first kappa shape index (κ1) is 17.2. The molecule has 0 atom stereocenters. The highest BCUT2D eigenvalue weighted by Crippen LogP contribution is 2.27. The summed E-state index contributed by atoms with van der Waals surface area (Å²) >= 11 is 1.55. The number of nitrogens with one attached hydrogen (secondary N) is 2. The maximum absolute atomic E-state index is 12.8. The van der Waals surface area contributed by atoms with E-state index >= 15 is 0 Å². The summed E-state index contributed by atoms with van der Waals surface area (Å²) < 4.78 is 28.3. The number of thiazole rings is 1. The molecular weight excluding hydrogens is 366 g/mol. The van der Waals surface area contributed by atoms with Gasteiger partial charge in [0, 0.05) is 35.6 Å². The highest BCUT2D eigenvalue weighted by molar-refractivity contribution is 7.92.